The van der Waals surface area contributed by atoms with Gasteiger partial charge in [0.1, 0.15) is 30.2 Å². The molecular formula is C19H26F2N6O4. The van der Waals surface area contributed by atoms with Crippen molar-refractivity contribution < 1.29 is 28.5 Å². The van der Waals surface area contributed by atoms with Gasteiger partial charge in [-0.1, -0.05) is 0 Å². The number of amides is 1. The van der Waals surface area contributed by atoms with Crippen LogP contribution in [-0.4, -0.2) is 98.0 Å². The molecule has 2 fully saturated rings. The van der Waals surface area contributed by atoms with Crippen molar-refractivity contribution in [1.82, 2.24) is 24.4 Å². The van der Waals surface area contributed by atoms with Gasteiger partial charge in [0.2, 0.25) is 0 Å². The Labute approximate surface area is 177 Å². The second-order valence-electron chi connectivity index (χ2n) is 8.43. The zero-order chi connectivity index (χ0) is 22.5. The number of ether oxygens (including phenoxy) is 1. The molecule has 0 unspecified atom stereocenters. The number of rotatable bonds is 5. The van der Waals surface area contributed by atoms with Crippen LogP contribution in [0.5, 0.6) is 0 Å². The minimum Gasteiger partial charge on any atom is -0.387 e. The van der Waals surface area contributed by atoms with Crippen molar-refractivity contribution in [1.29, 1.82) is 0 Å². The molecule has 0 saturated carbocycles. The number of hydrogen-bond donors (Lipinski definition) is 3. The van der Waals surface area contributed by atoms with E-state index in [0.29, 0.717) is 24.2 Å². The van der Waals surface area contributed by atoms with Gasteiger partial charge in [-0.3, -0.25) is 4.79 Å². The number of hydrogen-bond acceptors (Lipinski definition) is 8. The second kappa shape index (κ2) is 7.93. The molecule has 0 bridgehead atoms. The third kappa shape index (κ3) is 3.95. The normalized spacial score (nSPS) is 30.5. The van der Waals surface area contributed by atoms with Gasteiger partial charge in [0.25, 0.3) is 11.8 Å². The standard InChI is InChI=1S/C19H26F2N6O4/c1-25(2)6-5-10-7-19(20,21)8-26(10)18(30)16-14(29)13(28)15(31-16)11-3-4-12-17(22)23-9-24-27(11)12/h3-4,9-10,13-16,28-29H,5-8H2,1-2H3,(H2,22,23,24)/t10-,13-,14+,15+,16+/m1/s1. The van der Waals surface area contributed by atoms with Gasteiger partial charge in [0.05, 0.1) is 12.2 Å². The summed E-state index contributed by atoms with van der Waals surface area (Å²) in [6, 6.07) is 2.54. The van der Waals surface area contributed by atoms with Gasteiger partial charge < -0.3 is 30.5 Å². The molecule has 4 heterocycles. The average molecular weight is 440 g/mol. The van der Waals surface area contributed by atoms with E-state index in [-0.39, 0.29) is 5.82 Å². The predicted molar refractivity (Wildman–Crippen MR) is 105 cm³/mol. The third-order valence-corrected chi connectivity index (χ3v) is 5.88. The Hall–Kier alpha value is -2.41. The molecule has 0 radical (unpaired) electrons. The Balaban J connectivity index is 1.57. The smallest absolute Gasteiger partial charge is 0.267 e. The van der Waals surface area contributed by atoms with E-state index in [4.69, 9.17) is 10.5 Å². The molecule has 0 aliphatic carbocycles. The van der Waals surface area contributed by atoms with E-state index in [1.165, 1.54) is 10.8 Å². The fourth-order valence-electron chi connectivity index (χ4n) is 4.30. The van der Waals surface area contributed by atoms with Crippen LogP contribution < -0.4 is 5.73 Å². The minimum atomic E-state index is -3.01. The van der Waals surface area contributed by atoms with Crippen molar-refractivity contribution >= 4 is 17.2 Å². The Kier molecular flexibility index (Phi) is 5.58. The molecule has 4 N–H and O–H groups in total. The summed E-state index contributed by atoms with van der Waals surface area (Å²) in [7, 11) is 3.64. The molecule has 10 nitrogen and oxygen atoms in total. The first kappa shape index (κ1) is 21.8. The fraction of sp³-hybridized carbons (Fsp3) is 0.632. The number of nitrogens with zero attached hydrogens (tertiary/aromatic N) is 5. The summed E-state index contributed by atoms with van der Waals surface area (Å²) in [5.41, 5.74) is 6.65. The molecule has 2 aliphatic heterocycles. The Morgan fingerprint density at radius 2 is 2.10 bits per heavy atom. The Bertz CT molecular complexity index is 970. The quantitative estimate of drug-likeness (QED) is 0.576. The fourth-order valence-corrected chi connectivity index (χ4v) is 4.30. The minimum absolute atomic E-state index is 0.213. The zero-order valence-corrected chi connectivity index (χ0v) is 17.2. The summed E-state index contributed by atoms with van der Waals surface area (Å²) in [6.45, 7) is -0.212. The topological polar surface area (TPSA) is 129 Å². The first-order chi connectivity index (χ1) is 14.6. The van der Waals surface area contributed by atoms with Gasteiger partial charge in [-0.2, -0.15) is 5.10 Å². The van der Waals surface area contributed by atoms with Crippen molar-refractivity contribution in [2.24, 2.45) is 0 Å². The van der Waals surface area contributed by atoms with E-state index >= 15 is 0 Å². The molecule has 170 valence electrons. The maximum atomic E-state index is 14.1. The van der Waals surface area contributed by atoms with Crippen LogP contribution in [0.3, 0.4) is 0 Å². The highest BCUT2D eigenvalue weighted by Crippen LogP contribution is 2.39. The Morgan fingerprint density at radius 1 is 1.35 bits per heavy atom. The summed E-state index contributed by atoms with van der Waals surface area (Å²) in [5.74, 6) is -3.56. The molecular weight excluding hydrogens is 414 g/mol. The first-order valence-corrected chi connectivity index (χ1v) is 10.0. The molecule has 1 amide bonds. The molecule has 5 atom stereocenters. The summed E-state index contributed by atoms with van der Waals surface area (Å²) >= 11 is 0. The number of halogens is 2. The van der Waals surface area contributed by atoms with Gasteiger partial charge in [0, 0.05) is 12.5 Å². The van der Waals surface area contributed by atoms with Crippen molar-refractivity contribution in [3.63, 3.8) is 0 Å². The number of aliphatic hydroxyl groups excluding tert-OH is 2. The molecule has 31 heavy (non-hydrogen) atoms. The molecule has 0 aromatic carbocycles. The molecule has 2 saturated heterocycles. The van der Waals surface area contributed by atoms with E-state index in [1.807, 2.05) is 19.0 Å². The van der Waals surface area contributed by atoms with Gasteiger partial charge in [0.15, 0.2) is 11.9 Å². The maximum absolute atomic E-state index is 14.1. The number of nitrogens with two attached hydrogens (primary N) is 1. The van der Waals surface area contributed by atoms with Crippen LogP contribution in [0.15, 0.2) is 18.5 Å². The van der Waals surface area contributed by atoms with Crippen molar-refractivity contribution in [2.75, 3.05) is 32.9 Å². The number of likely N-dealkylation sites (tertiary alicyclic amines) is 1. The zero-order valence-electron chi connectivity index (χ0n) is 17.2. The van der Waals surface area contributed by atoms with Crippen LogP contribution in [0, 0.1) is 0 Å². The molecule has 4 rings (SSSR count). The number of carbonyl (C=O) groups is 1. The highest BCUT2D eigenvalue weighted by molar-refractivity contribution is 5.83. The number of aliphatic hydroxyl groups is 2. The van der Waals surface area contributed by atoms with Gasteiger partial charge in [-0.25, -0.2) is 18.3 Å². The van der Waals surface area contributed by atoms with Gasteiger partial charge in [-0.05, 0) is 39.2 Å². The second-order valence-corrected chi connectivity index (χ2v) is 8.43. The van der Waals surface area contributed by atoms with Crippen LogP contribution in [-0.2, 0) is 9.53 Å². The Morgan fingerprint density at radius 3 is 2.81 bits per heavy atom. The van der Waals surface area contributed by atoms with E-state index < -0.39 is 55.3 Å². The summed E-state index contributed by atoms with van der Waals surface area (Å²) in [5, 5.41) is 25.2. The lowest BCUT2D eigenvalue weighted by molar-refractivity contribution is -0.149. The summed E-state index contributed by atoms with van der Waals surface area (Å²) in [4.78, 5) is 19.9. The molecule has 2 aromatic heterocycles. The monoisotopic (exact) mass is 440 g/mol. The first-order valence-electron chi connectivity index (χ1n) is 10.0. The highest BCUT2D eigenvalue weighted by atomic mass is 19.3. The number of carbonyl (C=O) groups excluding carboxylic acids is 1. The van der Waals surface area contributed by atoms with Crippen molar-refractivity contribution in [3.8, 4) is 0 Å². The number of fused-ring (bicyclic) bond motifs is 1. The lowest BCUT2D eigenvalue weighted by Gasteiger charge is -2.28. The lowest BCUT2D eigenvalue weighted by atomic mass is 10.0. The summed E-state index contributed by atoms with van der Waals surface area (Å²) < 4.78 is 35.4. The van der Waals surface area contributed by atoms with E-state index in [9.17, 15) is 23.8 Å². The molecule has 2 aliphatic rings. The molecule has 2 aromatic rings. The van der Waals surface area contributed by atoms with E-state index in [2.05, 4.69) is 10.1 Å². The van der Waals surface area contributed by atoms with Gasteiger partial charge >= 0.3 is 0 Å². The number of alkyl halides is 2. The van der Waals surface area contributed by atoms with Crippen molar-refractivity contribution in [2.45, 2.75) is 49.2 Å². The average Bonchev–Trinajstić information content (AvgIpc) is 3.35. The van der Waals surface area contributed by atoms with Crippen LogP contribution in [0.4, 0.5) is 14.6 Å². The van der Waals surface area contributed by atoms with Crippen LogP contribution in [0.1, 0.15) is 24.6 Å². The van der Waals surface area contributed by atoms with Crippen LogP contribution in [0.25, 0.3) is 5.52 Å². The number of anilines is 1. The van der Waals surface area contributed by atoms with Gasteiger partial charge in [-0.15, -0.1) is 0 Å². The van der Waals surface area contributed by atoms with Crippen LogP contribution >= 0.6 is 0 Å². The van der Waals surface area contributed by atoms with E-state index in [1.54, 1.807) is 12.1 Å². The molecule has 0 spiro atoms. The van der Waals surface area contributed by atoms with Crippen LogP contribution in [0.2, 0.25) is 0 Å². The number of aromatic nitrogens is 3. The maximum Gasteiger partial charge on any atom is 0.267 e. The summed E-state index contributed by atoms with van der Waals surface area (Å²) in [6.07, 6.45) is -4.45. The number of nitrogen functional groups attached to an aromatic ring is 1. The lowest BCUT2D eigenvalue weighted by Crippen LogP contribution is -2.48. The van der Waals surface area contributed by atoms with E-state index in [0.717, 1.165) is 4.90 Å². The third-order valence-electron chi connectivity index (χ3n) is 5.88. The largest absolute Gasteiger partial charge is 0.387 e. The molecule has 12 heteroatoms. The predicted octanol–water partition coefficient (Wildman–Crippen LogP) is -0.339. The highest BCUT2D eigenvalue weighted by Gasteiger charge is 2.53. The SMILES string of the molecule is CN(C)CC[C@@H]1CC(F)(F)CN1C(=O)[C@H]1O[C@@H](c2ccc3c(N)ncnn23)[C@H](O)[C@@H]1O. The van der Waals surface area contributed by atoms with Crippen molar-refractivity contribution in [3.05, 3.63) is 24.2 Å².